The molecule has 1 saturated carbocycles. The summed E-state index contributed by atoms with van der Waals surface area (Å²) < 4.78 is 6.68. The molecule has 1 aromatic rings. The fraction of sp³-hybridized carbons (Fsp3) is 0.400. The number of rotatable bonds is 1. The van der Waals surface area contributed by atoms with Gasteiger partial charge in [0.2, 0.25) is 0 Å². The number of hydrogen-bond acceptors (Lipinski definition) is 2. The Morgan fingerprint density at radius 1 is 1.28 bits per heavy atom. The Kier molecular flexibility index (Phi) is 2.16. The summed E-state index contributed by atoms with van der Waals surface area (Å²) in [5.41, 5.74) is 0.802. The van der Waals surface area contributed by atoms with Crippen LogP contribution >= 0.6 is 15.9 Å². The lowest BCUT2D eigenvalue weighted by Crippen LogP contribution is -2.49. The molecule has 2 nitrogen and oxygen atoms in total. The van der Waals surface area contributed by atoms with E-state index in [0.29, 0.717) is 12.5 Å². The average Bonchev–Trinajstić information content (AvgIpc) is 3.18. The third-order valence-electron chi connectivity index (χ3n) is 4.56. The van der Waals surface area contributed by atoms with Crippen molar-refractivity contribution in [3.05, 3.63) is 46.5 Å². The maximum absolute atomic E-state index is 12.5. The quantitative estimate of drug-likeness (QED) is 0.746. The van der Waals surface area contributed by atoms with E-state index in [9.17, 15) is 4.79 Å². The minimum absolute atomic E-state index is 0.0192. The molecular formula is C15H13BrO2. The van der Waals surface area contributed by atoms with Gasteiger partial charge in [0.05, 0.1) is 6.61 Å². The smallest absolute Gasteiger partial charge is 0.175 e. The maximum Gasteiger partial charge on any atom is 0.175 e. The van der Waals surface area contributed by atoms with Gasteiger partial charge in [-0.2, -0.15) is 0 Å². The molecule has 3 heteroatoms. The zero-order chi connectivity index (χ0) is 12.3. The summed E-state index contributed by atoms with van der Waals surface area (Å²) in [6.45, 7) is 0.609. The number of hydrogen-bond donors (Lipinski definition) is 0. The van der Waals surface area contributed by atoms with Crippen molar-refractivity contribution in [1.82, 2.24) is 0 Å². The van der Waals surface area contributed by atoms with Gasteiger partial charge in [0.25, 0.3) is 0 Å². The number of ether oxygens (including phenoxy) is 1. The van der Waals surface area contributed by atoms with Crippen molar-refractivity contribution < 1.29 is 9.53 Å². The average molecular weight is 305 g/mol. The number of epoxide rings is 1. The molecule has 1 aromatic carbocycles. The van der Waals surface area contributed by atoms with E-state index in [1.165, 1.54) is 5.56 Å². The highest BCUT2D eigenvalue weighted by Crippen LogP contribution is 2.58. The van der Waals surface area contributed by atoms with Gasteiger partial charge < -0.3 is 4.74 Å². The van der Waals surface area contributed by atoms with Crippen LogP contribution in [0.3, 0.4) is 0 Å². The lowest BCUT2D eigenvalue weighted by atomic mass is 9.61. The molecule has 18 heavy (non-hydrogen) atoms. The first-order valence-electron chi connectivity index (χ1n) is 6.33. The van der Waals surface area contributed by atoms with Crippen LogP contribution in [0.1, 0.15) is 17.9 Å². The Labute approximate surface area is 114 Å². The van der Waals surface area contributed by atoms with E-state index in [4.69, 9.17) is 4.74 Å². The molecule has 2 bridgehead atoms. The molecule has 4 atom stereocenters. The van der Waals surface area contributed by atoms with Gasteiger partial charge in [0.15, 0.2) is 11.4 Å². The SMILES string of the molecule is O=C1C2C=C(Br)C(CC2c2ccccc2)[C@]12CO2. The molecule has 1 aliphatic heterocycles. The van der Waals surface area contributed by atoms with E-state index in [0.717, 1.165) is 10.9 Å². The van der Waals surface area contributed by atoms with Crippen molar-refractivity contribution in [1.29, 1.82) is 0 Å². The Morgan fingerprint density at radius 3 is 2.67 bits per heavy atom. The molecule has 3 aliphatic carbocycles. The van der Waals surface area contributed by atoms with E-state index in [1.807, 2.05) is 18.2 Å². The molecule has 1 spiro atoms. The molecule has 0 radical (unpaired) electrons. The number of benzene rings is 1. The van der Waals surface area contributed by atoms with Crippen molar-refractivity contribution in [2.24, 2.45) is 11.8 Å². The predicted octanol–water partition coefficient (Wildman–Crippen LogP) is 3.04. The number of fused-ring (bicyclic) bond motifs is 1. The van der Waals surface area contributed by atoms with Crippen LogP contribution < -0.4 is 0 Å². The van der Waals surface area contributed by atoms with Gasteiger partial charge in [-0.05, 0) is 22.4 Å². The van der Waals surface area contributed by atoms with Gasteiger partial charge >= 0.3 is 0 Å². The molecule has 4 aliphatic rings. The van der Waals surface area contributed by atoms with Gasteiger partial charge in [0.1, 0.15) is 0 Å². The van der Waals surface area contributed by atoms with E-state index in [2.05, 4.69) is 34.1 Å². The lowest BCUT2D eigenvalue weighted by Gasteiger charge is -2.42. The number of carbonyl (C=O) groups excluding carboxylic acids is 1. The van der Waals surface area contributed by atoms with E-state index in [-0.39, 0.29) is 17.6 Å². The third kappa shape index (κ3) is 1.29. The highest BCUT2D eigenvalue weighted by molar-refractivity contribution is 9.11. The van der Waals surface area contributed by atoms with E-state index in [1.54, 1.807) is 0 Å². The minimum atomic E-state index is -0.469. The standard InChI is InChI=1S/C15H13BrO2/c16-13-7-11-10(9-4-2-1-3-5-9)6-12(13)15(8-18-15)14(11)17/h1-5,7,10-12H,6,8H2/t10?,11?,12?,15-/m1/s1. The molecule has 2 fully saturated rings. The first kappa shape index (κ1) is 10.9. The van der Waals surface area contributed by atoms with Crippen LogP contribution in [-0.2, 0) is 9.53 Å². The van der Waals surface area contributed by atoms with Crippen molar-refractivity contribution >= 4 is 21.7 Å². The molecule has 0 aromatic heterocycles. The second kappa shape index (κ2) is 3.55. The summed E-state index contributed by atoms with van der Waals surface area (Å²) >= 11 is 3.62. The summed E-state index contributed by atoms with van der Waals surface area (Å²) in [7, 11) is 0. The first-order valence-corrected chi connectivity index (χ1v) is 7.12. The van der Waals surface area contributed by atoms with Crippen LogP contribution in [0.5, 0.6) is 0 Å². The van der Waals surface area contributed by atoms with Crippen LogP contribution in [0.4, 0.5) is 0 Å². The molecule has 0 amide bonds. The summed E-state index contributed by atoms with van der Waals surface area (Å²) in [6.07, 6.45) is 3.11. The molecule has 1 heterocycles. The Morgan fingerprint density at radius 2 is 2.00 bits per heavy atom. The van der Waals surface area contributed by atoms with Crippen LogP contribution in [0.25, 0.3) is 0 Å². The fourth-order valence-corrected chi connectivity index (χ4v) is 4.35. The van der Waals surface area contributed by atoms with Crippen molar-refractivity contribution in [2.45, 2.75) is 17.9 Å². The van der Waals surface area contributed by atoms with Gasteiger partial charge in [-0.1, -0.05) is 52.3 Å². The summed E-state index contributed by atoms with van der Waals surface area (Å²) in [5, 5.41) is 0. The maximum atomic E-state index is 12.5. The van der Waals surface area contributed by atoms with Crippen molar-refractivity contribution in [3.8, 4) is 0 Å². The largest absolute Gasteiger partial charge is 0.361 e. The van der Waals surface area contributed by atoms with Crippen molar-refractivity contribution in [2.75, 3.05) is 6.61 Å². The van der Waals surface area contributed by atoms with Crippen LogP contribution in [0, 0.1) is 11.8 Å². The van der Waals surface area contributed by atoms with Crippen LogP contribution in [0.15, 0.2) is 40.9 Å². The number of Topliss-reactive ketones (excluding diaryl/α,β-unsaturated/α-hetero) is 1. The van der Waals surface area contributed by atoms with Gasteiger partial charge in [0, 0.05) is 11.8 Å². The highest BCUT2D eigenvalue weighted by Gasteiger charge is 2.66. The number of carbonyl (C=O) groups is 1. The van der Waals surface area contributed by atoms with Crippen molar-refractivity contribution in [3.63, 3.8) is 0 Å². The predicted molar refractivity (Wildman–Crippen MR) is 71.5 cm³/mol. The molecule has 0 N–H and O–H groups in total. The Hall–Kier alpha value is -0.930. The topological polar surface area (TPSA) is 29.6 Å². The number of allylic oxidation sites excluding steroid dienone is 1. The van der Waals surface area contributed by atoms with Crippen LogP contribution in [0.2, 0.25) is 0 Å². The lowest BCUT2D eigenvalue weighted by molar-refractivity contribution is -0.132. The monoisotopic (exact) mass is 304 g/mol. The molecule has 3 unspecified atom stereocenters. The van der Waals surface area contributed by atoms with Gasteiger partial charge in [-0.25, -0.2) is 0 Å². The summed E-state index contributed by atoms with van der Waals surface area (Å²) in [5.74, 6) is 0.810. The Balaban J connectivity index is 1.77. The highest BCUT2D eigenvalue weighted by atomic mass is 79.9. The van der Waals surface area contributed by atoms with E-state index >= 15 is 0 Å². The number of halogens is 1. The zero-order valence-electron chi connectivity index (χ0n) is 9.80. The second-order valence-corrected chi connectivity index (χ2v) is 6.34. The Bertz CT molecular complexity index is 545. The van der Waals surface area contributed by atoms with Gasteiger partial charge in [-0.3, -0.25) is 4.79 Å². The molecule has 92 valence electrons. The summed E-state index contributed by atoms with van der Waals surface area (Å²) in [4.78, 5) is 12.5. The van der Waals surface area contributed by atoms with E-state index < -0.39 is 5.60 Å². The second-order valence-electron chi connectivity index (χ2n) is 5.43. The minimum Gasteiger partial charge on any atom is -0.361 e. The third-order valence-corrected chi connectivity index (χ3v) is 5.38. The number of ketones is 1. The zero-order valence-corrected chi connectivity index (χ0v) is 11.4. The molecule has 5 rings (SSSR count). The van der Waals surface area contributed by atoms with Gasteiger partial charge in [-0.15, -0.1) is 0 Å². The normalized spacial score (nSPS) is 41.1. The summed E-state index contributed by atoms with van der Waals surface area (Å²) in [6, 6.07) is 10.4. The molecular weight excluding hydrogens is 292 g/mol. The first-order chi connectivity index (χ1) is 8.72. The molecule has 1 saturated heterocycles. The van der Waals surface area contributed by atoms with Crippen LogP contribution in [-0.4, -0.2) is 18.0 Å². The fourth-order valence-electron chi connectivity index (χ4n) is 3.51.